The summed E-state index contributed by atoms with van der Waals surface area (Å²) in [5.74, 6) is -0.312. The summed E-state index contributed by atoms with van der Waals surface area (Å²) in [6.45, 7) is 1.32. The fourth-order valence-electron chi connectivity index (χ4n) is 4.65. The van der Waals surface area contributed by atoms with E-state index in [4.69, 9.17) is 9.73 Å². The van der Waals surface area contributed by atoms with Gasteiger partial charge in [-0.05, 0) is 11.1 Å². The van der Waals surface area contributed by atoms with Crippen LogP contribution in [0.15, 0.2) is 126 Å². The fourth-order valence-corrected chi connectivity index (χ4v) is 4.65. The number of benzene rings is 4. The maximum absolute atomic E-state index is 14.4. The number of carbonyl (C=O) groups is 2. The van der Waals surface area contributed by atoms with Gasteiger partial charge in [-0.15, -0.1) is 0 Å². The van der Waals surface area contributed by atoms with E-state index in [9.17, 15) is 9.59 Å². The molecule has 0 fully saturated rings. The second kappa shape index (κ2) is 10.4. The van der Waals surface area contributed by atoms with Gasteiger partial charge >= 0.3 is 5.97 Å². The number of amidine groups is 1. The zero-order valence-electron chi connectivity index (χ0n) is 19.9. The molecule has 0 aliphatic carbocycles. The summed E-state index contributed by atoms with van der Waals surface area (Å²) in [6.07, 6.45) is -1.10. The highest BCUT2D eigenvalue weighted by Crippen LogP contribution is 2.44. The molecule has 1 aliphatic heterocycles. The summed E-state index contributed by atoms with van der Waals surface area (Å²) < 4.78 is 5.63. The van der Waals surface area contributed by atoms with Gasteiger partial charge in [0.05, 0.1) is 6.04 Å². The molecule has 5 rings (SSSR count). The van der Waals surface area contributed by atoms with Crippen molar-refractivity contribution in [2.45, 2.75) is 25.1 Å². The number of carbonyl (C=O) groups excluding carboxylic acids is 2. The number of hydrogen-bond acceptors (Lipinski definition) is 4. The minimum atomic E-state index is -1.10. The van der Waals surface area contributed by atoms with Crippen molar-refractivity contribution in [3.63, 3.8) is 0 Å². The van der Waals surface area contributed by atoms with Gasteiger partial charge in [-0.2, -0.15) is 0 Å². The van der Waals surface area contributed by atoms with Crippen LogP contribution in [0.25, 0.3) is 0 Å². The molecule has 4 aromatic rings. The minimum Gasteiger partial charge on any atom is -0.447 e. The van der Waals surface area contributed by atoms with Crippen molar-refractivity contribution in [1.29, 1.82) is 0 Å². The monoisotopic (exact) mass is 474 g/mol. The Hall–Kier alpha value is -4.51. The van der Waals surface area contributed by atoms with Crippen molar-refractivity contribution in [1.82, 2.24) is 4.90 Å². The molecule has 0 saturated heterocycles. The van der Waals surface area contributed by atoms with Gasteiger partial charge in [0.25, 0.3) is 5.91 Å². The Labute approximate surface area is 210 Å². The van der Waals surface area contributed by atoms with Gasteiger partial charge in [0.1, 0.15) is 11.9 Å². The maximum atomic E-state index is 14.4. The topological polar surface area (TPSA) is 59.0 Å². The molecule has 36 heavy (non-hydrogen) atoms. The maximum Gasteiger partial charge on any atom is 0.303 e. The third kappa shape index (κ3) is 4.68. The van der Waals surface area contributed by atoms with E-state index in [2.05, 4.69) is 0 Å². The molecule has 1 amide bonds. The van der Waals surface area contributed by atoms with Gasteiger partial charge < -0.3 is 4.74 Å². The van der Waals surface area contributed by atoms with E-state index in [1.54, 1.807) is 17.0 Å². The van der Waals surface area contributed by atoms with E-state index in [0.29, 0.717) is 11.4 Å². The second-order valence-corrected chi connectivity index (χ2v) is 8.64. The molecule has 0 saturated carbocycles. The molecule has 0 aromatic heterocycles. The Morgan fingerprint density at radius 3 is 1.78 bits per heavy atom. The van der Waals surface area contributed by atoms with Gasteiger partial charge in [0, 0.05) is 18.1 Å². The van der Waals surface area contributed by atoms with E-state index >= 15 is 0 Å². The van der Waals surface area contributed by atoms with Crippen molar-refractivity contribution in [2.75, 3.05) is 0 Å². The van der Waals surface area contributed by atoms with Crippen molar-refractivity contribution in [2.24, 2.45) is 4.99 Å². The van der Waals surface area contributed by atoms with Gasteiger partial charge in [-0.1, -0.05) is 121 Å². The number of esters is 1. The van der Waals surface area contributed by atoms with E-state index in [0.717, 1.165) is 16.7 Å². The highest BCUT2D eigenvalue weighted by molar-refractivity contribution is 6.11. The molecule has 4 aromatic carbocycles. The molecule has 5 heteroatoms. The number of ether oxygens (including phenoxy) is 1. The molecule has 0 spiro atoms. The lowest BCUT2D eigenvalue weighted by molar-refractivity contribution is -0.158. The first-order valence-corrected chi connectivity index (χ1v) is 11.9. The number of nitrogens with zero attached hydrogens (tertiary/aromatic N) is 2. The third-order valence-corrected chi connectivity index (χ3v) is 6.23. The lowest BCUT2D eigenvalue weighted by Crippen LogP contribution is -2.41. The standard InChI is InChI=1S/C31H26N2O3/c1-22(34)36-29(25-18-10-4-11-19-25)31(35)33-28(24-16-8-3-9-17-24)27(23-14-6-2-7-15-23)32-30(33)26-20-12-5-13-21-26/h2-21,27-29H,1H3/t27-,28-,29-/m1/s1. The zero-order chi connectivity index (χ0) is 24.9. The molecule has 3 atom stereocenters. The molecule has 5 nitrogen and oxygen atoms in total. The number of amides is 1. The predicted octanol–water partition coefficient (Wildman–Crippen LogP) is 6.06. The van der Waals surface area contributed by atoms with Crippen LogP contribution in [-0.2, 0) is 14.3 Å². The summed E-state index contributed by atoms with van der Waals surface area (Å²) in [6, 6.07) is 37.9. The largest absolute Gasteiger partial charge is 0.447 e. The molecule has 1 heterocycles. The third-order valence-electron chi connectivity index (χ3n) is 6.23. The molecule has 0 unspecified atom stereocenters. The average molecular weight is 475 g/mol. The van der Waals surface area contributed by atoms with Gasteiger partial charge in [0.15, 0.2) is 0 Å². The van der Waals surface area contributed by atoms with Crippen LogP contribution < -0.4 is 0 Å². The van der Waals surface area contributed by atoms with Crippen molar-refractivity contribution in [3.8, 4) is 0 Å². The molecule has 1 aliphatic rings. The lowest BCUT2D eigenvalue weighted by Gasteiger charge is -2.32. The van der Waals surface area contributed by atoms with E-state index in [1.807, 2.05) is 109 Å². The Morgan fingerprint density at radius 2 is 1.22 bits per heavy atom. The average Bonchev–Trinajstić information content (AvgIpc) is 3.34. The van der Waals surface area contributed by atoms with Crippen LogP contribution in [0.3, 0.4) is 0 Å². The van der Waals surface area contributed by atoms with E-state index in [-0.39, 0.29) is 11.9 Å². The van der Waals surface area contributed by atoms with Crippen molar-refractivity contribution < 1.29 is 14.3 Å². The van der Waals surface area contributed by atoms with Crippen LogP contribution in [0, 0.1) is 0 Å². The molecular weight excluding hydrogens is 448 g/mol. The van der Waals surface area contributed by atoms with Crippen molar-refractivity contribution >= 4 is 17.7 Å². The van der Waals surface area contributed by atoms with Crippen LogP contribution in [0.4, 0.5) is 0 Å². The van der Waals surface area contributed by atoms with Crippen molar-refractivity contribution in [3.05, 3.63) is 144 Å². The Bertz CT molecular complexity index is 1360. The van der Waals surface area contributed by atoms with Crippen LogP contribution in [0.1, 0.15) is 47.4 Å². The number of aliphatic imine (C=N–C) groups is 1. The molecule has 0 N–H and O–H groups in total. The summed E-state index contributed by atoms with van der Waals surface area (Å²) in [5.41, 5.74) is 3.38. The Balaban J connectivity index is 1.69. The Morgan fingerprint density at radius 1 is 0.722 bits per heavy atom. The van der Waals surface area contributed by atoms with E-state index in [1.165, 1.54) is 6.92 Å². The van der Waals surface area contributed by atoms with Crippen LogP contribution in [0.5, 0.6) is 0 Å². The Kier molecular flexibility index (Phi) is 6.72. The number of rotatable bonds is 6. The molecule has 0 bridgehead atoms. The fraction of sp³-hybridized carbons (Fsp3) is 0.129. The highest BCUT2D eigenvalue weighted by Gasteiger charge is 2.45. The SMILES string of the molecule is CC(=O)O[C@@H](C(=O)N1C(c2ccccc2)=N[C@H](c2ccccc2)[C@H]1c1ccccc1)c1ccccc1. The minimum absolute atomic E-state index is 0.332. The van der Waals surface area contributed by atoms with Gasteiger partial charge in [-0.3, -0.25) is 19.5 Å². The molecule has 0 radical (unpaired) electrons. The highest BCUT2D eigenvalue weighted by atomic mass is 16.5. The number of hydrogen-bond donors (Lipinski definition) is 0. The smallest absolute Gasteiger partial charge is 0.303 e. The summed E-state index contributed by atoms with van der Waals surface area (Å²) in [5, 5.41) is 0. The quantitative estimate of drug-likeness (QED) is 0.319. The first-order valence-electron chi connectivity index (χ1n) is 11.9. The normalized spacial score (nSPS) is 17.8. The van der Waals surface area contributed by atoms with Crippen LogP contribution >= 0.6 is 0 Å². The predicted molar refractivity (Wildman–Crippen MR) is 139 cm³/mol. The lowest BCUT2D eigenvalue weighted by atomic mass is 9.93. The van der Waals surface area contributed by atoms with Crippen LogP contribution in [-0.4, -0.2) is 22.6 Å². The first kappa shape index (κ1) is 23.2. The molecular formula is C31H26N2O3. The van der Waals surface area contributed by atoms with Gasteiger partial charge in [0.2, 0.25) is 6.10 Å². The van der Waals surface area contributed by atoms with Gasteiger partial charge in [-0.25, -0.2) is 0 Å². The zero-order valence-corrected chi connectivity index (χ0v) is 19.9. The second-order valence-electron chi connectivity index (χ2n) is 8.64. The first-order chi connectivity index (χ1) is 17.6. The van der Waals surface area contributed by atoms with Crippen LogP contribution in [0.2, 0.25) is 0 Å². The summed E-state index contributed by atoms with van der Waals surface area (Å²) in [7, 11) is 0. The summed E-state index contributed by atoms with van der Waals surface area (Å²) >= 11 is 0. The summed E-state index contributed by atoms with van der Waals surface area (Å²) in [4.78, 5) is 33.3. The van der Waals surface area contributed by atoms with E-state index < -0.39 is 18.1 Å². The molecule has 178 valence electrons.